The van der Waals surface area contributed by atoms with Crippen molar-refractivity contribution in [3.8, 4) is 5.88 Å². The maximum atomic E-state index is 12.1. The summed E-state index contributed by atoms with van der Waals surface area (Å²) in [5.41, 5.74) is 1.25. The number of H-pyrrole nitrogens is 1. The lowest BCUT2D eigenvalue weighted by Gasteiger charge is -2.06. The second-order valence-electron chi connectivity index (χ2n) is 4.50. The van der Waals surface area contributed by atoms with Crippen LogP contribution >= 0.6 is 0 Å². The van der Waals surface area contributed by atoms with Crippen molar-refractivity contribution in [2.24, 2.45) is 0 Å². The van der Waals surface area contributed by atoms with Crippen LogP contribution in [0.25, 0.3) is 10.9 Å². The number of anilines is 1. The number of carbonyl (C=O) groups is 1. The molecule has 0 saturated carbocycles. The Hall–Kier alpha value is -3.22. The van der Waals surface area contributed by atoms with E-state index >= 15 is 0 Å². The Morgan fingerprint density at radius 3 is 2.95 bits per heavy atom. The minimum Gasteiger partial charge on any atom is -0.480 e. The summed E-state index contributed by atoms with van der Waals surface area (Å²) in [6.45, 7) is 0. The molecule has 0 atom stereocenters. The lowest BCUT2D eigenvalue weighted by Crippen LogP contribution is -2.14. The summed E-state index contributed by atoms with van der Waals surface area (Å²) in [4.78, 5) is 34.7. The molecule has 0 aliphatic carbocycles. The van der Waals surface area contributed by atoms with Gasteiger partial charge in [0, 0.05) is 23.3 Å². The zero-order valence-corrected chi connectivity index (χ0v) is 11.7. The zero-order valence-electron chi connectivity index (χ0n) is 11.7. The maximum Gasteiger partial charge on any atom is 0.276 e. The lowest BCUT2D eigenvalue weighted by molar-refractivity contribution is 0.102. The van der Waals surface area contributed by atoms with Gasteiger partial charge in [0.15, 0.2) is 11.1 Å². The highest BCUT2D eigenvalue weighted by Gasteiger charge is 2.10. The van der Waals surface area contributed by atoms with Crippen LogP contribution in [0.3, 0.4) is 0 Å². The van der Waals surface area contributed by atoms with Crippen LogP contribution in [0, 0.1) is 0 Å². The minimum absolute atomic E-state index is 0.0784. The number of methoxy groups -OCH3 is 1. The Kier molecular flexibility index (Phi) is 3.53. The molecule has 0 fully saturated rings. The first-order valence-corrected chi connectivity index (χ1v) is 6.46. The fourth-order valence-electron chi connectivity index (χ4n) is 2.00. The molecule has 1 aromatic carbocycles. The van der Waals surface area contributed by atoms with Gasteiger partial charge in [-0.2, -0.15) is 0 Å². The van der Waals surface area contributed by atoms with E-state index in [1.807, 2.05) is 0 Å². The van der Waals surface area contributed by atoms with Gasteiger partial charge in [-0.15, -0.1) is 0 Å². The third-order valence-electron chi connectivity index (χ3n) is 3.07. The fourth-order valence-corrected chi connectivity index (χ4v) is 2.00. The first-order chi connectivity index (χ1) is 10.7. The van der Waals surface area contributed by atoms with Crippen LogP contribution in [-0.2, 0) is 0 Å². The number of ether oxygens (including phenoxy) is 1. The van der Waals surface area contributed by atoms with Crippen LogP contribution in [0.1, 0.15) is 10.5 Å². The molecule has 0 aliphatic rings. The highest BCUT2D eigenvalue weighted by Crippen LogP contribution is 2.15. The number of aromatic nitrogens is 3. The topological polar surface area (TPSA) is 97.0 Å². The third kappa shape index (κ3) is 2.64. The van der Waals surface area contributed by atoms with E-state index in [2.05, 4.69) is 20.3 Å². The smallest absolute Gasteiger partial charge is 0.276 e. The lowest BCUT2D eigenvalue weighted by atomic mass is 10.2. The molecule has 2 aromatic heterocycles. The zero-order chi connectivity index (χ0) is 15.5. The predicted octanol–water partition coefficient (Wildman–Crippen LogP) is 1.58. The molecule has 22 heavy (non-hydrogen) atoms. The van der Waals surface area contributed by atoms with Crippen molar-refractivity contribution >= 4 is 22.5 Å². The predicted molar refractivity (Wildman–Crippen MR) is 81.1 cm³/mol. The van der Waals surface area contributed by atoms with E-state index < -0.39 is 5.91 Å². The SMILES string of the molecule is COc1cncc(C(=O)Nc2ccc3c(=O)cc[nH]c3c2)n1. The summed E-state index contributed by atoms with van der Waals surface area (Å²) in [5, 5.41) is 3.26. The average molecular weight is 296 g/mol. The highest BCUT2D eigenvalue weighted by atomic mass is 16.5. The number of fused-ring (bicyclic) bond motifs is 1. The van der Waals surface area contributed by atoms with Crippen molar-refractivity contribution < 1.29 is 9.53 Å². The van der Waals surface area contributed by atoms with Gasteiger partial charge in [0.25, 0.3) is 5.91 Å². The van der Waals surface area contributed by atoms with E-state index in [0.29, 0.717) is 16.6 Å². The van der Waals surface area contributed by atoms with Crippen LogP contribution in [0.2, 0.25) is 0 Å². The number of benzene rings is 1. The number of pyridine rings is 1. The Labute approximate surface area is 125 Å². The van der Waals surface area contributed by atoms with Crippen LogP contribution in [0.15, 0.2) is 47.7 Å². The Morgan fingerprint density at radius 2 is 2.14 bits per heavy atom. The quantitative estimate of drug-likeness (QED) is 0.764. The van der Waals surface area contributed by atoms with Gasteiger partial charge in [0.1, 0.15) is 0 Å². The number of rotatable bonds is 3. The normalized spacial score (nSPS) is 10.4. The molecule has 2 N–H and O–H groups in total. The molecule has 0 radical (unpaired) electrons. The molecule has 0 unspecified atom stereocenters. The summed E-state index contributed by atoms with van der Waals surface area (Å²) in [7, 11) is 1.45. The van der Waals surface area contributed by atoms with E-state index in [9.17, 15) is 9.59 Å². The summed E-state index contributed by atoms with van der Waals surface area (Å²) >= 11 is 0. The van der Waals surface area contributed by atoms with Crippen molar-refractivity contribution in [2.75, 3.05) is 12.4 Å². The molecule has 0 aliphatic heterocycles. The number of hydrogen-bond acceptors (Lipinski definition) is 5. The maximum absolute atomic E-state index is 12.1. The van der Waals surface area contributed by atoms with E-state index in [4.69, 9.17) is 4.74 Å². The molecule has 3 rings (SSSR count). The molecule has 0 bridgehead atoms. The molecule has 2 heterocycles. The van der Waals surface area contributed by atoms with E-state index in [1.165, 1.54) is 25.6 Å². The second kappa shape index (κ2) is 5.65. The van der Waals surface area contributed by atoms with Crippen molar-refractivity contribution in [1.29, 1.82) is 0 Å². The number of aromatic amines is 1. The molecule has 0 spiro atoms. The van der Waals surface area contributed by atoms with Crippen LogP contribution < -0.4 is 15.5 Å². The van der Waals surface area contributed by atoms with Crippen molar-refractivity contribution in [3.63, 3.8) is 0 Å². The summed E-state index contributed by atoms with van der Waals surface area (Å²) in [5.74, 6) is -0.153. The van der Waals surface area contributed by atoms with Crippen molar-refractivity contribution in [3.05, 3.63) is 58.8 Å². The molecule has 7 heteroatoms. The summed E-state index contributed by atoms with van der Waals surface area (Å²) < 4.78 is 4.93. The average Bonchev–Trinajstić information content (AvgIpc) is 2.55. The van der Waals surface area contributed by atoms with E-state index in [-0.39, 0.29) is 17.0 Å². The van der Waals surface area contributed by atoms with Gasteiger partial charge in [-0.05, 0) is 18.2 Å². The van der Waals surface area contributed by atoms with Crippen molar-refractivity contribution in [2.45, 2.75) is 0 Å². The summed E-state index contributed by atoms with van der Waals surface area (Å²) in [6.07, 6.45) is 4.32. The fraction of sp³-hybridized carbons (Fsp3) is 0.0667. The van der Waals surface area contributed by atoms with Crippen LogP contribution in [0.5, 0.6) is 5.88 Å². The Bertz CT molecular complexity index is 904. The van der Waals surface area contributed by atoms with Gasteiger partial charge < -0.3 is 15.0 Å². The molecule has 0 saturated heterocycles. The van der Waals surface area contributed by atoms with Gasteiger partial charge in [-0.3, -0.25) is 14.6 Å². The Morgan fingerprint density at radius 1 is 1.27 bits per heavy atom. The molecule has 7 nitrogen and oxygen atoms in total. The first kappa shape index (κ1) is 13.7. The number of nitrogens with one attached hydrogen (secondary N) is 2. The second-order valence-corrected chi connectivity index (χ2v) is 4.50. The van der Waals surface area contributed by atoms with E-state index in [0.717, 1.165) is 0 Å². The molecule has 1 amide bonds. The monoisotopic (exact) mass is 296 g/mol. The van der Waals surface area contributed by atoms with Crippen LogP contribution in [0.4, 0.5) is 5.69 Å². The van der Waals surface area contributed by atoms with Crippen molar-refractivity contribution in [1.82, 2.24) is 15.0 Å². The molecular formula is C15H12N4O3. The minimum atomic E-state index is -0.413. The van der Waals surface area contributed by atoms with Gasteiger partial charge in [0.05, 0.1) is 25.0 Å². The molecule has 110 valence electrons. The van der Waals surface area contributed by atoms with Gasteiger partial charge in [0.2, 0.25) is 5.88 Å². The summed E-state index contributed by atoms with van der Waals surface area (Å²) in [6, 6.07) is 6.44. The number of nitrogens with zero attached hydrogens (tertiary/aromatic N) is 2. The first-order valence-electron chi connectivity index (χ1n) is 6.46. The van der Waals surface area contributed by atoms with Crippen LogP contribution in [-0.4, -0.2) is 28.0 Å². The molecular weight excluding hydrogens is 284 g/mol. The van der Waals surface area contributed by atoms with Gasteiger partial charge >= 0.3 is 0 Å². The third-order valence-corrected chi connectivity index (χ3v) is 3.07. The van der Waals surface area contributed by atoms with E-state index in [1.54, 1.807) is 24.4 Å². The highest BCUT2D eigenvalue weighted by molar-refractivity contribution is 6.03. The number of amides is 1. The number of hydrogen-bond donors (Lipinski definition) is 2. The van der Waals surface area contributed by atoms with Gasteiger partial charge in [-0.25, -0.2) is 4.98 Å². The Balaban J connectivity index is 1.89. The largest absolute Gasteiger partial charge is 0.480 e. The van der Waals surface area contributed by atoms with Gasteiger partial charge in [-0.1, -0.05) is 0 Å². The standard InChI is InChI=1S/C15H12N4O3/c1-22-14-8-16-7-12(19-14)15(21)18-9-2-3-10-11(6-9)17-5-4-13(10)20/h2-8H,1H3,(H,17,20)(H,18,21). The number of carbonyl (C=O) groups excluding carboxylic acids is 1. The molecule has 3 aromatic rings.